The second kappa shape index (κ2) is 7.79. The van der Waals surface area contributed by atoms with E-state index in [1.54, 1.807) is 0 Å². The summed E-state index contributed by atoms with van der Waals surface area (Å²) in [6.45, 7) is 5.84. The van der Waals surface area contributed by atoms with Crippen LogP contribution in [-0.4, -0.2) is 17.1 Å². The third-order valence-corrected chi connectivity index (χ3v) is 3.90. The first-order valence-corrected chi connectivity index (χ1v) is 7.83. The highest BCUT2D eigenvalue weighted by Gasteiger charge is 2.17. The third-order valence-electron chi connectivity index (χ3n) is 3.90. The molecule has 0 saturated heterocycles. The van der Waals surface area contributed by atoms with Crippen LogP contribution in [0.5, 0.6) is 0 Å². The summed E-state index contributed by atoms with van der Waals surface area (Å²) in [5, 5.41) is 15.4. The molecule has 23 heavy (non-hydrogen) atoms. The van der Waals surface area contributed by atoms with Crippen LogP contribution in [0.25, 0.3) is 0 Å². The first-order chi connectivity index (χ1) is 11.0. The second-order valence-corrected chi connectivity index (χ2v) is 5.81. The number of aliphatic hydroxyl groups excluding tert-OH is 1. The van der Waals surface area contributed by atoms with Gasteiger partial charge in [0.2, 0.25) is 5.91 Å². The zero-order chi connectivity index (χ0) is 16.8. The third kappa shape index (κ3) is 4.57. The van der Waals surface area contributed by atoms with Gasteiger partial charge in [0.1, 0.15) is 6.04 Å². The van der Waals surface area contributed by atoms with Crippen LogP contribution in [0, 0.1) is 6.92 Å². The zero-order valence-electron chi connectivity index (χ0n) is 13.8. The minimum absolute atomic E-state index is 0.0135. The van der Waals surface area contributed by atoms with Gasteiger partial charge in [0.15, 0.2) is 0 Å². The molecular formula is C19H24N2O2. The van der Waals surface area contributed by atoms with E-state index in [9.17, 15) is 4.79 Å². The summed E-state index contributed by atoms with van der Waals surface area (Å²) in [6.07, 6.45) is 0. The summed E-state index contributed by atoms with van der Waals surface area (Å²) >= 11 is 0. The van der Waals surface area contributed by atoms with Crippen molar-refractivity contribution >= 4 is 11.6 Å². The number of carbonyl (C=O) groups excluding carboxylic acids is 1. The van der Waals surface area contributed by atoms with Crippen LogP contribution in [0.4, 0.5) is 5.69 Å². The molecule has 2 aromatic carbocycles. The molecule has 0 bridgehead atoms. The lowest BCUT2D eigenvalue weighted by Crippen LogP contribution is -2.39. The van der Waals surface area contributed by atoms with Gasteiger partial charge >= 0.3 is 0 Å². The number of carbonyl (C=O) groups is 1. The van der Waals surface area contributed by atoms with E-state index in [2.05, 4.69) is 10.6 Å². The van der Waals surface area contributed by atoms with Gasteiger partial charge in [0.25, 0.3) is 0 Å². The maximum absolute atomic E-state index is 12.4. The fraction of sp³-hybridized carbons (Fsp3) is 0.316. The highest BCUT2D eigenvalue weighted by Crippen LogP contribution is 2.17. The summed E-state index contributed by atoms with van der Waals surface area (Å²) in [5.41, 5.74) is 3.92. The number of rotatable bonds is 6. The molecule has 4 heteroatoms. The maximum atomic E-state index is 12.4. The average Bonchev–Trinajstić information content (AvgIpc) is 2.55. The second-order valence-electron chi connectivity index (χ2n) is 5.81. The van der Waals surface area contributed by atoms with Crippen LogP contribution < -0.4 is 10.6 Å². The molecule has 0 aliphatic heterocycles. The monoisotopic (exact) mass is 312 g/mol. The standard InChI is InChI=1S/C19H24N2O2/c1-13-7-4-5-10-18(13)14(2)21-19(23)15(3)20-17-9-6-8-16(11-17)12-22/h4-11,14-15,20,22H,12H2,1-3H3,(H,21,23). The Labute approximate surface area is 137 Å². The van der Waals surface area contributed by atoms with Crippen molar-refractivity contribution < 1.29 is 9.90 Å². The topological polar surface area (TPSA) is 61.4 Å². The lowest BCUT2D eigenvalue weighted by Gasteiger charge is -2.21. The molecular weight excluding hydrogens is 288 g/mol. The largest absolute Gasteiger partial charge is 0.392 e. The summed E-state index contributed by atoms with van der Waals surface area (Å²) in [6, 6.07) is 15.1. The number of aliphatic hydroxyl groups is 1. The first-order valence-electron chi connectivity index (χ1n) is 7.83. The van der Waals surface area contributed by atoms with Crippen molar-refractivity contribution in [1.82, 2.24) is 5.32 Å². The van der Waals surface area contributed by atoms with E-state index in [0.717, 1.165) is 22.4 Å². The number of amides is 1. The van der Waals surface area contributed by atoms with Gasteiger partial charge in [-0.3, -0.25) is 4.79 Å². The number of benzene rings is 2. The molecule has 0 radical (unpaired) electrons. The van der Waals surface area contributed by atoms with Crippen LogP contribution in [0.15, 0.2) is 48.5 Å². The predicted molar refractivity (Wildman–Crippen MR) is 93.2 cm³/mol. The summed E-state index contributed by atoms with van der Waals surface area (Å²) in [4.78, 5) is 12.4. The van der Waals surface area contributed by atoms with Crippen molar-refractivity contribution in [2.24, 2.45) is 0 Å². The molecule has 1 amide bonds. The SMILES string of the molecule is Cc1ccccc1C(C)NC(=O)C(C)Nc1cccc(CO)c1. The Morgan fingerprint density at radius 2 is 1.87 bits per heavy atom. The van der Waals surface area contributed by atoms with E-state index in [4.69, 9.17) is 5.11 Å². The van der Waals surface area contributed by atoms with Gasteiger partial charge in [-0.1, -0.05) is 36.4 Å². The number of hydrogen-bond donors (Lipinski definition) is 3. The molecule has 2 atom stereocenters. The molecule has 0 saturated carbocycles. The van der Waals surface area contributed by atoms with Gasteiger partial charge < -0.3 is 15.7 Å². The lowest BCUT2D eigenvalue weighted by molar-refractivity contribution is -0.122. The van der Waals surface area contributed by atoms with E-state index < -0.39 is 0 Å². The Balaban J connectivity index is 1.98. The van der Waals surface area contributed by atoms with Crippen LogP contribution in [0.2, 0.25) is 0 Å². The quantitative estimate of drug-likeness (QED) is 0.768. The molecule has 0 aliphatic rings. The molecule has 2 aromatic rings. The molecule has 0 heterocycles. The Hall–Kier alpha value is -2.33. The van der Waals surface area contributed by atoms with E-state index in [1.807, 2.05) is 69.3 Å². The van der Waals surface area contributed by atoms with Crippen LogP contribution in [-0.2, 0) is 11.4 Å². The van der Waals surface area contributed by atoms with Gasteiger partial charge in [-0.05, 0) is 49.6 Å². The van der Waals surface area contributed by atoms with E-state index in [-0.39, 0.29) is 24.6 Å². The molecule has 122 valence electrons. The highest BCUT2D eigenvalue weighted by molar-refractivity contribution is 5.84. The number of anilines is 1. The first kappa shape index (κ1) is 17.0. The summed E-state index contributed by atoms with van der Waals surface area (Å²) in [7, 11) is 0. The minimum Gasteiger partial charge on any atom is -0.392 e. The van der Waals surface area contributed by atoms with Crippen molar-refractivity contribution in [3.8, 4) is 0 Å². The Morgan fingerprint density at radius 1 is 1.13 bits per heavy atom. The smallest absolute Gasteiger partial charge is 0.242 e. The highest BCUT2D eigenvalue weighted by atomic mass is 16.3. The summed E-state index contributed by atoms with van der Waals surface area (Å²) in [5.74, 6) is -0.0600. The molecule has 0 fully saturated rings. The molecule has 0 aromatic heterocycles. The van der Waals surface area contributed by atoms with E-state index in [1.165, 1.54) is 0 Å². The Morgan fingerprint density at radius 3 is 2.57 bits per heavy atom. The molecule has 4 nitrogen and oxygen atoms in total. The average molecular weight is 312 g/mol. The fourth-order valence-corrected chi connectivity index (χ4v) is 2.56. The van der Waals surface area contributed by atoms with Crippen molar-refractivity contribution in [2.75, 3.05) is 5.32 Å². The van der Waals surface area contributed by atoms with Crippen molar-refractivity contribution in [1.29, 1.82) is 0 Å². The summed E-state index contributed by atoms with van der Waals surface area (Å²) < 4.78 is 0. The fourth-order valence-electron chi connectivity index (χ4n) is 2.56. The van der Waals surface area contributed by atoms with Gasteiger partial charge in [-0.15, -0.1) is 0 Å². The van der Waals surface area contributed by atoms with Gasteiger partial charge in [-0.2, -0.15) is 0 Å². The van der Waals surface area contributed by atoms with Gasteiger partial charge in [0, 0.05) is 5.69 Å². The lowest BCUT2D eigenvalue weighted by atomic mass is 10.0. The zero-order valence-corrected chi connectivity index (χ0v) is 13.8. The molecule has 0 spiro atoms. The van der Waals surface area contributed by atoms with E-state index >= 15 is 0 Å². The maximum Gasteiger partial charge on any atom is 0.242 e. The van der Waals surface area contributed by atoms with Crippen molar-refractivity contribution in [2.45, 2.75) is 39.5 Å². The Kier molecular flexibility index (Phi) is 5.77. The molecule has 3 N–H and O–H groups in total. The molecule has 2 unspecified atom stereocenters. The van der Waals surface area contributed by atoms with Crippen molar-refractivity contribution in [3.05, 3.63) is 65.2 Å². The predicted octanol–water partition coefficient (Wildman–Crippen LogP) is 3.17. The van der Waals surface area contributed by atoms with E-state index in [0.29, 0.717) is 0 Å². The van der Waals surface area contributed by atoms with Crippen LogP contribution >= 0.6 is 0 Å². The molecule has 2 rings (SSSR count). The van der Waals surface area contributed by atoms with Gasteiger partial charge in [-0.25, -0.2) is 0 Å². The number of hydrogen-bond acceptors (Lipinski definition) is 3. The molecule has 0 aliphatic carbocycles. The number of nitrogens with one attached hydrogen (secondary N) is 2. The van der Waals surface area contributed by atoms with Crippen LogP contribution in [0.1, 0.15) is 36.6 Å². The normalized spacial score (nSPS) is 13.2. The Bertz CT molecular complexity index is 670. The number of aryl methyl sites for hydroxylation is 1. The van der Waals surface area contributed by atoms with Crippen LogP contribution in [0.3, 0.4) is 0 Å². The minimum atomic E-state index is -0.365. The van der Waals surface area contributed by atoms with Crippen molar-refractivity contribution in [3.63, 3.8) is 0 Å². The van der Waals surface area contributed by atoms with Gasteiger partial charge in [0.05, 0.1) is 12.6 Å².